The van der Waals surface area contributed by atoms with Gasteiger partial charge in [-0.15, -0.1) is 0 Å². The van der Waals surface area contributed by atoms with E-state index in [4.69, 9.17) is 0 Å². The van der Waals surface area contributed by atoms with Crippen LogP contribution in [0.15, 0.2) is 42.7 Å². The summed E-state index contributed by atoms with van der Waals surface area (Å²) in [6, 6.07) is 10.1. The number of carbonyl (C=O) groups excluding carboxylic acids is 2. The van der Waals surface area contributed by atoms with Gasteiger partial charge >= 0.3 is 0 Å². The SMILES string of the molecule is Cc1cnc(C(=O)N(CCC(=O)N2CCC(C)CC2)CCc2ccccc2)cn1. The summed E-state index contributed by atoms with van der Waals surface area (Å²) in [5.74, 6) is 0.640. The van der Waals surface area contributed by atoms with Crippen molar-refractivity contribution >= 4 is 11.8 Å². The zero-order valence-corrected chi connectivity index (χ0v) is 17.4. The Morgan fingerprint density at radius 1 is 1.07 bits per heavy atom. The van der Waals surface area contributed by atoms with Crippen molar-refractivity contribution in [3.8, 4) is 0 Å². The van der Waals surface area contributed by atoms with Gasteiger partial charge in [0.25, 0.3) is 5.91 Å². The summed E-state index contributed by atoms with van der Waals surface area (Å²) >= 11 is 0. The Labute approximate surface area is 173 Å². The van der Waals surface area contributed by atoms with Crippen molar-refractivity contribution < 1.29 is 9.59 Å². The highest BCUT2D eigenvalue weighted by atomic mass is 16.2. The largest absolute Gasteiger partial charge is 0.343 e. The van der Waals surface area contributed by atoms with E-state index in [2.05, 4.69) is 16.9 Å². The molecule has 1 aliphatic heterocycles. The average Bonchev–Trinajstić information content (AvgIpc) is 2.75. The van der Waals surface area contributed by atoms with Gasteiger partial charge in [0, 0.05) is 38.8 Å². The first kappa shape index (κ1) is 21.0. The second kappa shape index (κ2) is 10.1. The lowest BCUT2D eigenvalue weighted by atomic mass is 9.99. The molecule has 154 valence electrons. The minimum Gasteiger partial charge on any atom is -0.343 e. The number of likely N-dealkylation sites (tertiary alicyclic amines) is 1. The first-order valence-corrected chi connectivity index (χ1v) is 10.4. The first-order valence-electron chi connectivity index (χ1n) is 10.4. The summed E-state index contributed by atoms with van der Waals surface area (Å²) < 4.78 is 0. The number of nitrogens with zero attached hydrogens (tertiary/aromatic N) is 4. The molecule has 0 atom stereocenters. The lowest BCUT2D eigenvalue weighted by molar-refractivity contribution is -0.132. The van der Waals surface area contributed by atoms with E-state index in [1.807, 2.05) is 42.2 Å². The van der Waals surface area contributed by atoms with Crippen LogP contribution < -0.4 is 0 Å². The van der Waals surface area contributed by atoms with Crippen molar-refractivity contribution in [3.63, 3.8) is 0 Å². The van der Waals surface area contributed by atoms with E-state index in [1.165, 1.54) is 6.20 Å². The Balaban J connectivity index is 1.63. The number of amides is 2. The van der Waals surface area contributed by atoms with Crippen molar-refractivity contribution in [2.24, 2.45) is 5.92 Å². The van der Waals surface area contributed by atoms with Crippen molar-refractivity contribution in [1.29, 1.82) is 0 Å². The normalized spacial score (nSPS) is 14.6. The maximum atomic E-state index is 13.0. The third-order valence-corrected chi connectivity index (χ3v) is 5.53. The predicted octanol–water partition coefficient (Wildman–Crippen LogP) is 3.12. The van der Waals surface area contributed by atoms with Crippen molar-refractivity contribution in [3.05, 3.63) is 59.7 Å². The Hall–Kier alpha value is -2.76. The van der Waals surface area contributed by atoms with Gasteiger partial charge in [0.15, 0.2) is 0 Å². The second-order valence-electron chi connectivity index (χ2n) is 7.88. The highest BCUT2D eigenvalue weighted by Crippen LogP contribution is 2.17. The van der Waals surface area contributed by atoms with Crippen LogP contribution in [0, 0.1) is 12.8 Å². The highest BCUT2D eigenvalue weighted by molar-refractivity contribution is 5.92. The quantitative estimate of drug-likeness (QED) is 0.724. The van der Waals surface area contributed by atoms with Crippen LogP contribution in [0.4, 0.5) is 0 Å². The molecule has 0 spiro atoms. The third kappa shape index (κ3) is 6.11. The van der Waals surface area contributed by atoms with Crippen molar-refractivity contribution in [1.82, 2.24) is 19.8 Å². The topological polar surface area (TPSA) is 66.4 Å². The molecule has 0 N–H and O–H groups in total. The number of carbonyl (C=O) groups is 2. The van der Waals surface area contributed by atoms with Crippen LogP contribution in [0.2, 0.25) is 0 Å². The van der Waals surface area contributed by atoms with Crippen molar-refractivity contribution in [2.75, 3.05) is 26.2 Å². The molecular formula is C23H30N4O2. The molecule has 1 aromatic heterocycles. The van der Waals surface area contributed by atoms with Crippen LogP contribution in [0.25, 0.3) is 0 Å². The van der Waals surface area contributed by atoms with E-state index in [0.29, 0.717) is 31.1 Å². The molecule has 0 bridgehead atoms. The molecule has 1 saturated heterocycles. The third-order valence-electron chi connectivity index (χ3n) is 5.53. The molecule has 6 heteroatoms. The van der Waals surface area contributed by atoms with Gasteiger partial charge in [-0.2, -0.15) is 0 Å². The zero-order chi connectivity index (χ0) is 20.6. The monoisotopic (exact) mass is 394 g/mol. The number of aryl methyl sites for hydroxylation is 1. The number of rotatable bonds is 7. The average molecular weight is 395 g/mol. The fraction of sp³-hybridized carbons (Fsp3) is 0.478. The molecule has 0 unspecified atom stereocenters. The van der Waals surface area contributed by atoms with Gasteiger partial charge in [-0.3, -0.25) is 14.6 Å². The van der Waals surface area contributed by atoms with Gasteiger partial charge in [-0.1, -0.05) is 37.3 Å². The molecule has 3 rings (SSSR count). The van der Waals surface area contributed by atoms with Gasteiger partial charge in [-0.05, 0) is 37.7 Å². The van der Waals surface area contributed by atoms with Gasteiger partial charge in [0.05, 0.1) is 11.9 Å². The maximum Gasteiger partial charge on any atom is 0.274 e. The lowest BCUT2D eigenvalue weighted by Gasteiger charge is -2.31. The first-order chi connectivity index (χ1) is 14.0. The predicted molar refractivity (Wildman–Crippen MR) is 112 cm³/mol. The minimum absolute atomic E-state index is 0.129. The molecule has 29 heavy (non-hydrogen) atoms. The van der Waals surface area contributed by atoms with Gasteiger partial charge < -0.3 is 9.80 Å². The molecule has 2 heterocycles. The Kier molecular flexibility index (Phi) is 7.33. The fourth-order valence-electron chi connectivity index (χ4n) is 3.54. The summed E-state index contributed by atoms with van der Waals surface area (Å²) in [5.41, 5.74) is 2.26. The van der Waals surface area contributed by atoms with Crippen LogP contribution in [0.3, 0.4) is 0 Å². The summed E-state index contributed by atoms with van der Waals surface area (Å²) in [6.45, 7) is 6.65. The van der Waals surface area contributed by atoms with E-state index in [9.17, 15) is 9.59 Å². The zero-order valence-electron chi connectivity index (χ0n) is 17.4. The summed E-state index contributed by atoms with van der Waals surface area (Å²) in [5, 5.41) is 0. The van der Waals surface area contributed by atoms with Gasteiger partial charge in [0.1, 0.15) is 5.69 Å². The van der Waals surface area contributed by atoms with E-state index in [1.54, 1.807) is 11.1 Å². The molecule has 1 aromatic carbocycles. The van der Waals surface area contributed by atoms with E-state index in [-0.39, 0.29) is 11.8 Å². The van der Waals surface area contributed by atoms with Gasteiger partial charge in [-0.25, -0.2) is 4.98 Å². The fourth-order valence-corrected chi connectivity index (χ4v) is 3.54. The summed E-state index contributed by atoms with van der Waals surface area (Å²) in [6.07, 6.45) is 6.31. The molecule has 0 radical (unpaired) electrons. The molecule has 1 fully saturated rings. The minimum atomic E-state index is -0.173. The number of benzene rings is 1. The van der Waals surface area contributed by atoms with E-state index < -0.39 is 0 Å². The van der Waals surface area contributed by atoms with E-state index in [0.717, 1.165) is 43.6 Å². The number of aromatic nitrogens is 2. The maximum absolute atomic E-state index is 13.0. The molecule has 6 nitrogen and oxygen atoms in total. The molecule has 2 aromatic rings. The lowest BCUT2D eigenvalue weighted by Crippen LogP contribution is -2.41. The van der Waals surface area contributed by atoms with Crippen LogP contribution in [0.5, 0.6) is 0 Å². The van der Waals surface area contributed by atoms with Crippen LogP contribution >= 0.6 is 0 Å². The molecule has 2 amide bonds. The number of piperidine rings is 1. The molecule has 0 aliphatic carbocycles. The van der Waals surface area contributed by atoms with Crippen LogP contribution in [-0.4, -0.2) is 57.8 Å². The summed E-state index contributed by atoms with van der Waals surface area (Å²) in [7, 11) is 0. The Bertz CT molecular complexity index is 799. The smallest absolute Gasteiger partial charge is 0.274 e. The number of hydrogen-bond acceptors (Lipinski definition) is 4. The number of hydrogen-bond donors (Lipinski definition) is 0. The Morgan fingerprint density at radius 3 is 2.45 bits per heavy atom. The van der Waals surface area contributed by atoms with Crippen molar-refractivity contribution in [2.45, 2.75) is 39.5 Å². The van der Waals surface area contributed by atoms with Crippen LogP contribution in [-0.2, 0) is 11.2 Å². The summed E-state index contributed by atoms with van der Waals surface area (Å²) in [4.78, 5) is 37.7. The molecular weight excluding hydrogens is 364 g/mol. The highest BCUT2D eigenvalue weighted by Gasteiger charge is 2.23. The van der Waals surface area contributed by atoms with Gasteiger partial charge in [0.2, 0.25) is 5.91 Å². The van der Waals surface area contributed by atoms with E-state index >= 15 is 0 Å². The van der Waals surface area contributed by atoms with Crippen LogP contribution in [0.1, 0.15) is 47.9 Å². The standard InChI is InChI=1S/C23H30N4O2/c1-18-8-12-26(13-9-18)22(28)11-15-27(14-10-20-6-4-3-5-7-20)23(29)21-17-24-19(2)16-25-21/h3-7,16-18H,8-15H2,1-2H3. The second-order valence-corrected chi connectivity index (χ2v) is 7.88. The Morgan fingerprint density at radius 2 is 1.79 bits per heavy atom. The molecule has 0 saturated carbocycles. The molecule has 1 aliphatic rings.